The molecule has 0 radical (unpaired) electrons. The van der Waals surface area contributed by atoms with Gasteiger partial charge in [0.05, 0.1) is 11.7 Å². The highest BCUT2D eigenvalue weighted by Crippen LogP contribution is 2.31. The van der Waals surface area contributed by atoms with Crippen LogP contribution in [0.2, 0.25) is 0 Å². The molecule has 1 aromatic heterocycles. The van der Waals surface area contributed by atoms with Crippen molar-refractivity contribution in [2.24, 2.45) is 5.73 Å². The number of pyridine rings is 1. The van der Waals surface area contributed by atoms with E-state index in [0.29, 0.717) is 19.4 Å². The number of aromatic nitrogens is 1. The maximum absolute atomic E-state index is 12.7. The molecule has 5 nitrogen and oxygen atoms in total. The highest BCUT2D eigenvalue weighted by molar-refractivity contribution is 5.97. The summed E-state index contributed by atoms with van der Waals surface area (Å²) in [6, 6.07) is 1.75. The summed E-state index contributed by atoms with van der Waals surface area (Å²) in [5.41, 5.74) is 4.00. The number of aliphatic hydroxyl groups is 1. The number of carbonyl (C=O) groups is 1. The predicted octanol–water partition coefficient (Wildman–Crippen LogP) is 1.16. The molecule has 1 aliphatic rings. The van der Waals surface area contributed by atoms with E-state index >= 15 is 0 Å². The minimum atomic E-state index is -4.60. The van der Waals surface area contributed by atoms with Crippen molar-refractivity contribution in [3.8, 4) is 0 Å². The molecule has 1 aromatic rings. The van der Waals surface area contributed by atoms with Gasteiger partial charge >= 0.3 is 6.18 Å². The fourth-order valence-corrected chi connectivity index (χ4v) is 2.19. The van der Waals surface area contributed by atoms with Gasteiger partial charge in [-0.2, -0.15) is 13.2 Å². The average molecular weight is 289 g/mol. The van der Waals surface area contributed by atoms with E-state index in [2.05, 4.69) is 4.98 Å². The Balaban J connectivity index is 2.44. The van der Waals surface area contributed by atoms with Crippen molar-refractivity contribution in [3.05, 3.63) is 23.4 Å². The summed E-state index contributed by atoms with van der Waals surface area (Å²) in [5.74, 6) is -0.965. The van der Waals surface area contributed by atoms with Crippen LogP contribution in [0.4, 0.5) is 19.0 Å². The largest absolute Gasteiger partial charge is 0.433 e. The third-order valence-corrected chi connectivity index (χ3v) is 3.13. The van der Waals surface area contributed by atoms with Crippen LogP contribution in [-0.2, 0) is 6.18 Å². The van der Waals surface area contributed by atoms with Crippen molar-refractivity contribution in [2.75, 3.05) is 18.0 Å². The molecule has 8 heteroatoms. The molecule has 1 saturated heterocycles. The molecule has 0 saturated carbocycles. The number of carbonyl (C=O) groups excluding carboxylic acids is 1. The molecule has 2 heterocycles. The van der Waals surface area contributed by atoms with Gasteiger partial charge in [-0.25, -0.2) is 4.98 Å². The zero-order chi connectivity index (χ0) is 14.9. The lowest BCUT2D eigenvalue weighted by atomic mass is 10.1. The number of halogens is 3. The molecule has 1 atom stereocenters. The summed E-state index contributed by atoms with van der Waals surface area (Å²) in [4.78, 5) is 16.3. The molecule has 1 amide bonds. The van der Waals surface area contributed by atoms with Gasteiger partial charge in [-0.3, -0.25) is 4.79 Å². The van der Waals surface area contributed by atoms with Crippen LogP contribution < -0.4 is 10.6 Å². The van der Waals surface area contributed by atoms with E-state index in [9.17, 15) is 23.1 Å². The second kappa shape index (κ2) is 5.28. The quantitative estimate of drug-likeness (QED) is 0.856. The molecule has 1 fully saturated rings. The van der Waals surface area contributed by atoms with Gasteiger partial charge in [-0.05, 0) is 25.0 Å². The van der Waals surface area contributed by atoms with E-state index in [4.69, 9.17) is 5.73 Å². The molecular formula is C12H14F3N3O2. The Kier molecular flexibility index (Phi) is 3.85. The molecular weight excluding hydrogens is 275 g/mol. The van der Waals surface area contributed by atoms with Crippen molar-refractivity contribution in [1.82, 2.24) is 4.98 Å². The first-order valence-corrected chi connectivity index (χ1v) is 6.10. The lowest BCUT2D eigenvalue weighted by Crippen LogP contribution is -2.40. The molecule has 2 rings (SSSR count). The molecule has 20 heavy (non-hydrogen) atoms. The van der Waals surface area contributed by atoms with E-state index in [1.54, 1.807) is 0 Å². The van der Waals surface area contributed by atoms with Gasteiger partial charge in [-0.1, -0.05) is 0 Å². The smallest absolute Gasteiger partial charge is 0.391 e. The molecule has 0 unspecified atom stereocenters. The molecule has 0 aliphatic carbocycles. The minimum Gasteiger partial charge on any atom is -0.391 e. The Labute approximate surface area is 113 Å². The van der Waals surface area contributed by atoms with Crippen molar-refractivity contribution in [2.45, 2.75) is 25.1 Å². The zero-order valence-corrected chi connectivity index (χ0v) is 10.5. The number of hydrogen-bond acceptors (Lipinski definition) is 4. The minimum absolute atomic E-state index is 0.0768. The molecule has 0 aromatic carbocycles. The van der Waals surface area contributed by atoms with E-state index in [1.165, 1.54) is 4.90 Å². The first-order valence-electron chi connectivity index (χ1n) is 6.10. The van der Waals surface area contributed by atoms with E-state index in [0.717, 1.165) is 12.1 Å². The van der Waals surface area contributed by atoms with Crippen LogP contribution in [-0.4, -0.2) is 35.2 Å². The second-order valence-corrected chi connectivity index (χ2v) is 4.67. The number of anilines is 1. The second-order valence-electron chi connectivity index (χ2n) is 4.67. The van der Waals surface area contributed by atoms with E-state index < -0.39 is 23.9 Å². The van der Waals surface area contributed by atoms with Crippen LogP contribution in [0.25, 0.3) is 0 Å². The van der Waals surface area contributed by atoms with Gasteiger partial charge in [-0.15, -0.1) is 0 Å². The van der Waals surface area contributed by atoms with Gasteiger partial charge in [0.2, 0.25) is 0 Å². The number of nitrogens with zero attached hydrogens (tertiary/aromatic N) is 2. The number of piperidine rings is 1. The standard InChI is InChI=1S/C12H14F3N3O2/c13-12(14,15)9-4-3-8(10(16)20)11(17-9)18-5-1-2-7(19)6-18/h3-4,7,19H,1-2,5-6H2,(H2,16,20)/t7-/m0/s1. The molecule has 0 bridgehead atoms. The normalized spacial score (nSPS) is 20.0. The van der Waals surface area contributed by atoms with Gasteiger partial charge in [0, 0.05) is 13.1 Å². The highest BCUT2D eigenvalue weighted by atomic mass is 19.4. The fraction of sp³-hybridized carbons (Fsp3) is 0.500. The van der Waals surface area contributed by atoms with Gasteiger partial charge in [0.25, 0.3) is 5.91 Å². The number of hydrogen-bond donors (Lipinski definition) is 2. The first-order chi connectivity index (χ1) is 9.29. The summed E-state index contributed by atoms with van der Waals surface area (Å²) in [7, 11) is 0. The maximum atomic E-state index is 12.7. The van der Waals surface area contributed by atoms with E-state index in [-0.39, 0.29) is 17.9 Å². The molecule has 0 spiro atoms. The average Bonchev–Trinajstić information content (AvgIpc) is 2.37. The van der Waals surface area contributed by atoms with Crippen molar-refractivity contribution < 1.29 is 23.1 Å². The van der Waals surface area contributed by atoms with Crippen LogP contribution in [0.5, 0.6) is 0 Å². The van der Waals surface area contributed by atoms with Gasteiger partial charge in [0.1, 0.15) is 11.5 Å². The van der Waals surface area contributed by atoms with Crippen LogP contribution >= 0.6 is 0 Å². The van der Waals surface area contributed by atoms with Crippen LogP contribution in [0.3, 0.4) is 0 Å². The molecule has 3 N–H and O–H groups in total. The number of nitrogens with two attached hydrogens (primary N) is 1. The highest BCUT2D eigenvalue weighted by Gasteiger charge is 2.34. The van der Waals surface area contributed by atoms with Gasteiger partial charge < -0.3 is 15.7 Å². The predicted molar refractivity (Wildman–Crippen MR) is 65.2 cm³/mol. The van der Waals surface area contributed by atoms with Crippen LogP contribution in [0, 0.1) is 0 Å². The third kappa shape index (κ3) is 3.01. The van der Waals surface area contributed by atoms with Crippen molar-refractivity contribution in [1.29, 1.82) is 0 Å². The number of primary amides is 1. The fourth-order valence-electron chi connectivity index (χ4n) is 2.19. The lowest BCUT2D eigenvalue weighted by molar-refractivity contribution is -0.141. The summed E-state index contributed by atoms with van der Waals surface area (Å²) >= 11 is 0. The Morgan fingerprint density at radius 3 is 2.70 bits per heavy atom. The first kappa shape index (κ1) is 14.6. The SMILES string of the molecule is NC(=O)c1ccc(C(F)(F)F)nc1N1CCC[C@H](O)C1. The molecule has 1 aliphatic heterocycles. The topological polar surface area (TPSA) is 79.5 Å². The van der Waals surface area contributed by atoms with Crippen LogP contribution in [0.1, 0.15) is 28.9 Å². The number of aliphatic hydroxyl groups excluding tert-OH is 1. The summed E-state index contributed by atoms with van der Waals surface area (Å²) in [6.07, 6.45) is -4.07. The van der Waals surface area contributed by atoms with Crippen LogP contribution in [0.15, 0.2) is 12.1 Å². The zero-order valence-electron chi connectivity index (χ0n) is 10.5. The van der Waals surface area contributed by atoms with Gasteiger partial charge in [0.15, 0.2) is 0 Å². The summed E-state index contributed by atoms with van der Waals surface area (Å²) in [5, 5.41) is 9.59. The number of alkyl halides is 3. The number of β-amino-alcohol motifs (C(OH)–C–C–N with tert-alkyl or cyclic N) is 1. The Morgan fingerprint density at radius 2 is 2.15 bits per heavy atom. The Bertz CT molecular complexity index is 519. The number of rotatable bonds is 2. The molecule has 110 valence electrons. The Hall–Kier alpha value is -1.83. The maximum Gasteiger partial charge on any atom is 0.433 e. The van der Waals surface area contributed by atoms with E-state index in [1.807, 2.05) is 0 Å². The third-order valence-electron chi connectivity index (χ3n) is 3.13. The Morgan fingerprint density at radius 1 is 1.45 bits per heavy atom. The number of amides is 1. The summed E-state index contributed by atoms with van der Waals surface area (Å²) in [6.45, 7) is 0.556. The van der Waals surface area contributed by atoms with Crippen molar-refractivity contribution in [3.63, 3.8) is 0 Å². The lowest BCUT2D eigenvalue weighted by Gasteiger charge is -2.32. The summed E-state index contributed by atoms with van der Waals surface area (Å²) < 4.78 is 38.1. The monoisotopic (exact) mass is 289 g/mol. The van der Waals surface area contributed by atoms with Crippen molar-refractivity contribution >= 4 is 11.7 Å².